The second-order valence-electron chi connectivity index (χ2n) is 7.42. The Morgan fingerprint density at radius 3 is 2.21 bits per heavy atom. The number of halogens is 1. The molecule has 0 saturated heterocycles. The predicted molar refractivity (Wildman–Crippen MR) is 128 cm³/mol. The molecule has 0 aliphatic rings. The lowest BCUT2D eigenvalue weighted by atomic mass is 10.1. The second-order valence-corrected chi connectivity index (χ2v) is 7.85. The first-order valence-electron chi connectivity index (χ1n) is 10.1. The number of aromatic nitrogens is 1. The van der Waals surface area contributed by atoms with Crippen LogP contribution in [0.4, 0.5) is 0 Å². The highest BCUT2D eigenvalue weighted by Gasteiger charge is 2.23. The number of nitrogens with zero attached hydrogens (tertiary/aromatic N) is 1. The van der Waals surface area contributed by atoms with Crippen molar-refractivity contribution in [3.05, 3.63) is 110 Å². The standard InChI is InChI=1S/C25H18ClN3O5/c26-16-10-11-18-20(12-16)29(17-4-2-1-3-5-17)21(25(33)34)19(22(18)30)13-28-24(32)15-8-6-14(7-9-15)23(27)31/h1-12H,13H2,(H2,27,31)(H,28,32)(H,33,34). The molecule has 0 radical (unpaired) electrons. The smallest absolute Gasteiger partial charge is 0.353 e. The van der Waals surface area contributed by atoms with Crippen molar-refractivity contribution in [2.75, 3.05) is 0 Å². The molecule has 0 fully saturated rings. The van der Waals surface area contributed by atoms with Crippen molar-refractivity contribution in [2.45, 2.75) is 6.54 Å². The Kier molecular flexibility index (Phi) is 6.16. The minimum absolute atomic E-state index is 0.0896. The largest absolute Gasteiger partial charge is 0.477 e. The maximum atomic E-state index is 13.3. The number of para-hydroxylation sites is 1. The van der Waals surface area contributed by atoms with E-state index in [-0.39, 0.29) is 34.3 Å². The van der Waals surface area contributed by atoms with E-state index >= 15 is 0 Å². The number of primary amides is 1. The minimum Gasteiger partial charge on any atom is -0.477 e. The Bertz CT molecular complexity index is 1500. The van der Waals surface area contributed by atoms with E-state index in [1.54, 1.807) is 36.4 Å². The zero-order chi connectivity index (χ0) is 24.4. The van der Waals surface area contributed by atoms with Gasteiger partial charge < -0.3 is 20.7 Å². The minimum atomic E-state index is -1.34. The number of carboxylic acid groups (broad SMARTS) is 1. The number of pyridine rings is 1. The monoisotopic (exact) mass is 475 g/mol. The second kappa shape index (κ2) is 9.21. The van der Waals surface area contributed by atoms with Crippen LogP contribution < -0.4 is 16.5 Å². The summed E-state index contributed by atoms with van der Waals surface area (Å²) in [7, 11) is 0. The van der Waals surface area contributed by atoms with Crippen molar-refractivity contribution in [2.24, 2.45) is 5.73 Å². The zero-order valence-corrected chi connectivity index (χ0v) is 18.4. The molecule has 0 aliphatic heterocycles. The summed E-state index contributed by atoms with van der Waals surface area (Å²) in [5, 5.41) is 13.3. The summed E-state index contributed by atoms with van der Waals surface area (Å²) in [5.41, 5.74) is 5.62. The van der Waals surface area contributed by atoms with Gasteiger partial charge in [-0.3, -0.25) is 14.4 Å². The van der Waals surface area contributed by atoms with Gasteiger partial charge in [-0.15, -0.1) is 0 Å². The highest BCUT2D eigenvalue weighted by Crippen LogP contribution is 2.25. The number of amides is 2. The Balaban J connectivity index is 1.83. The van der Waals surface area contributed by atoms with Gasteiger partial charge in [-0.05, 0) is 54.6 Å². The number of nitrogens with one attached hydrogen (secondary N) is 1. The van der Waals surface area contributed by atoms with E-state index < -0.39 is 23.2 Å². The number of fused-ring (bicyclic) bond motifs is 1. The Labute approximate surface area is 198 Å². The van der Waals surface area contributed by atoms with E-state index in [0.29, 0.717) is 16.2 Å². The molecular formula is C25H18ClN3O5. The molecule has 170 valence electrons. The fourth-order valence-electron chi connectivity index (χ4n) is 3.70. The number of benzene rings is 3. The lowest BCUT2D eigenvalue weighted by molar-refractivity contribution is 0.0684. The van der Waals surface area contributed by atoms with E-state index in [1.165, 1.54) is 41.0 Å². The predicted octanol–water partition coefficient (Wildman–Crippen LogP) is 3.37. The van der Waals surface area contributed by atoms with Crippen LogP contribution in [0.2, 0.25) is 5.02 Å². The SMILES string of the molecule is NC(=O)c1ccc(C(=O)NCc2c(C(=O)O)n(-c3ccccc3)c3cc(Cl)ccc3c2=O)cc1. The average molecular weight is 476 g/mol. The van der Waals surface area contributed by atoms with Crippen molar-refractivity contribution in [3.63, 3.8) is 0 Å². The van der Waals surface area contributed by atoms with E-state index in [1.807, 2.05) is 0 Å². The number of carbonyl (C=O) groups excluding carboxylic acids is 2. The first kappa shape index (κ1) is 22.8. The van der Waals surface area contributed by atoms with Crippen LogP contribution in [0.3, 0.4) is 0 Å². The van der Waals surface area contributed by atoms with Gasteiger partial charge in [0.2, 0.25) is 5.91 Å². The molecule has 4 rings (SSSR count). The molecule has 0 unspecified atom stereocenters. The molecule has 1 heterocycles. The molecule has 4 N–H and O–H groups in total. The average Bonchev–Trinajstić information content (AvgIpc) is 2.83. The van der Waals surface area contributed by atoms with Gasteiger partial charge in [0.05, 0.1) is 11.1 Å². The Morgan fingerprint density at radius 1 is 0.941 bits per heavy atom. The number of carboxylic acids is 1. The summed E-state index contributed by atoms with van der Waals surface area (Å²) < 4.78 is 1.44. The number of carbonyl (C=O) groups is 3. The third-order valence-electron chi connectivity index (χ3n) is 5.30. The summed E-state index contributed by atoms with van der Waals surface area (Å²) in [6.07, 6.45) is 0. The highest BCUT2D eigenvalue weighted by atomic mass is 35.5. The van der Waals surface area contributed by atoms with Crippen LogP contribution in [-0.2, 0) is 6.54 Å². The maximum Gasteiger partial charge on any atom is 0.353 e. The number of hydrogen-bond donors (Lipinski definition) is 3. The summed E-state index contributed by atoms with van der Waals surface area (Å²) in [5.74, 6) is -2.51. The first-order valence-corrected chi connectivity index (χ1v) is 10.5. The van der Waals surface area contributed by atoms with E-state index in [2.05, 4.69) is 5.32 Å². The van der Waals surface area contributed by atoms with Crippen molar-refractivity contribution >= 4 is 40.3 Å². The Morgan fingerprint density at radius 2 is 1.59 bits per heavy atom. The normalized spacial score (nSPS) is 10.7. The van der Waals surface area contributed by atoms with Gasteiger partial charge in [0.25, 0.3) is 5.91 Å². The van der Waals surface area contributed by atoms with Crippen molar-refractivity contribution in [1.29, 1.82) is 0 Å². The Hall–Kier alpha value is -4.43. The molecule has 0 bridgehead atoms. The lowest BCUT2D eigenvalue weighted by Crippen LogP contribution is -2.30. The van der Waals surface area contributed by atoms with Crippen LogP contribution in [0.25, 0.3) is 16.6 Å². The van der Waals surface area contributed by atoms with Gasteiger partial charge >= 0.3 is 5.97 Å². The van der Waals surface area contributed by atoms with Crippen LogP contribution >= 0.6 is 11.6 Å². The molecule has 4 aromatic rings. The third kappa shape index (κ3) is 4.26. The van der Waals surface area contributed by atoms with Crippen LogP contribution in [0.5, 0.6) is 0 Å². The van der Waals surface area contributed by atoms with Crippen LogP contribution in [0.15, 0.2) is 77.6 Å². The van der Waals surface area contributed by atoms with Crippen molar-refractivity contribution in [1.82, 2.24) is 9.88 Å². The maximum absolute atomic E-state index is 13.3. The van der Waals surface area contributed by atoms with E-state index in [9.17, 15) is 24.3 Å². The van der Waals surface area contributed by atoms with Crippen LogP contribution in [0, 0.1) is 0 Å². The summed E-state index contributed by atoms with van der Waals surface area (Å²) >= 11 is 6.15. The lowest BCUT2D eigenvalue weighted by Gasteiger charge is -2.19. The molecular weight excluding hydrogens is 458 g/mol. The molecule has 0 aliphatic carbocycles. The molecule has 2 amide bonds. The van der Waals surface area contributed by atoms with Gasteiger partial charge in [0, 0.05) is 33.8 Å². The molecule has 3 aromatic carbocycles. The van der Waals surface area contributed by atoms with Gasteiger partial charge in [-0.1, -0.05) is 29.8 Å². The molecule has 0 saturated carbocycles. The molecule has 34 heavy (non-hydrogen) atoms. The number of aromatic carboxylic acids is 1. The van der Waals surface area contributed by atoms with Crippen LogP contribution in [-0.4, -0.2) is 27.5 Å². The molecule has 9 heteroatoms. The van der Waals surface area contributed by atoms with E-state index in [4.69, 9.17) is 17.3 Å². The number of rotatable bonds is 6. The quantitative estimate of drug-likeness (QED) is 0.393. The molecule has 1 aromatic heterocycles. The van der Waals surface area contributed by atoms with Gasteiger partial charge in [-0.2, -0.15) is 0 Å². The summed E-state index contributed by atoms with van der Waals surface area (Å²) in [4.78, 5) is 49.5. The van der Waals surface area contributed by atoms with Gasteiger partial charge in [0.1, 0.15) is 5.69 Å². The van der Waals surface area contributed by atoms with Gasteiger partial charge in [-0.25, -0.2) is 4.79 Å². The topological polar surface area (TPSA) is 131 Å². The van der Waals surface area contributed by atoms with Crippen molar-refractivity contribution in [3.8, 4) is 5.69 Å². The van der Waals surface area contributed by atoms with Crippen molar-refractivity contribution < 1.29 is 19.5 Å². The number of hydrogen-bond acceptors (Lipinski definition) is 4. The molecule has 0 atom stereocenters. The number of nitrogens with two attached hydrogens (primary N) is 1. The van der Waals surface area contributed by atoms with E-state index in [0.717, 1.165) is 0 Å². The van der Waals surface area contributed by atoms with Crippen LogP contribution in [0.1, 0.15) is 36.8 Å². The fourth-order valence-corrected chi connectivity index (χ4v) is 3.86. The highest BCUT2D eigenvalue weighted by molar-refractivity contribution is 6.31. The summed E-state index contributed by atoms with van der Waals surface area (Å²) in [6, 6.07) is 18.9. The molecule has 8 nitrogen and oxygen atoms in total. The van der Waals surface area contributed by atoms with Gasteiger partial charge in [0.15, 0.2) is 5.43 Å². The fraction of sp³-hybridized carbons (Fsp3) is 0.0400. The molecule has 0 spiro atoms. The first-order chi connectivity index (χ1) is 16.3. The third-order valence-corrected chi connectivity index (χ3v) is 5.54. The summed E-state index contributed by atoms with van der Waals surface area (Å²) in [6.45, 7) is -0.331. The zero-order valence-electron chi connectivity index (χ0n) is 17.6.